The SMILES string of the molecule is O=C(CNC[C@H]1CCCO1)Nc1cccc(Cl)c1. The van der Waals surface area contributed by atoms with E-state index in [4.69, 9.17) is 16.3 Å². The number of nitrogens with one attached hydrogen (secondary N) is 2. The highest BCUT2D eigenvalue weighted by Crippen LogP contribution is 2.14. The minimum Gasteiger partial charge on any atom is -0.377 e. The summed E-state index contributed by atoms with van der Waals surface area (Å²) in [6, 6.07) is 7.11. The second-order valence-corrected chi connectivity index (χ2v) is 4.76. The van der Waals surface area contributed by atoms with Gasteiger partial charge in [-0.25, -0.2) is 0 Å². The summed E-state index contributed by atoms with van der Waals surface area (Å²) >= 11 is 5.84. The number of benzene rings is 1. The summed E-state index contributed by atoms with van der Waals surface area (Å²) in [7, 11) is 0. The molecule has 0 aromatic heterocycles. The third-order valence-corrected chi connectivity index (χ3v) is 3.03. The van der Waals surface area contributed by atoms with Crippen LogP contribution in [0.4, 0.5) is 5.69 Å². The number of amides is 1. The van der Waals surface area contributed by atoms with Crippen LogP contribution in [0.25, 0.3) is 0 Å². The Balaban J connectivity index is 1.68. The van der Waals surface area contributed by atoms with E-state index in [0.717, 1.165) is 26.0 Å². The molecule has 2 rings (SSSR count). The number of hydrogen-bond donors (Lipinski definition) is 2. The lowest BCUT2D eigenvalue weighted by atomic mass is 10.2. The summed E-state index contributed by atoms with van der Waals surface area (Å²) in [4.78, 5) is 11.6. The minimum atomic E-state index is -0.0738. The predicted octanol–water partition coefficient (Wildman–Crippen LogP) is 2.05. The van der Waals surface area contributed by atoms with Crippen LogP contribution in [0, 0.1) is 0 Å². The summed E-state index contributed by atoms with van der Waals surface area (Å²) in [5.74, 6) is -0.0738. The van der Waals surface area contributed by atoms with Gasteiger partial charge in [0.1, 0.15) is 0 Å². The van der Waals surface area contributed by atoms with Gasteiger partial charge in [-0.05, 0) is 31.0 Å². The highest BCUT2D eigenvalue weighted by molar-refractivity contribution is 6.30. The van der Waals surface area contributed by atoms with E-state index >= 15 is 0 Å². The molecule has 1 aliphatic rings. The van der Waals surface area contributed by atoms with Gasteiger partial charge in [0.05, 0.1) is 12.6 Å². The van der Waals surface area contributed by atoms with Crippen molar-refractivity contribution in [2.45, 2.75) is 18.9 Å². The van der Waals surface area contributed by atoms with Crippen molar-refractivity contribution in [1.29, 1.82) is 0 Å². The van der Waals surface area contributed by atoms with Gasteiger partial charge in [-0.3, -0.25) is 4.79 Å². The van der Waals surface area contributed by atoms with E-state index in [0.29, 0.717) is 10.7 Å². The van der Waals surface area contributed by atoms with Gasteiger partial charge in [-0.15, -0.1) is 0 Å². The van der Waals surface area contributed by atoms with Crippen molar-refractivity contribution >= 4 is 23.2 Å². The molecule has 2 N–H and O–H groups in total. The molecule has 0 bridgehead atoms. The third kappa shape index (κ3) is 4.29. The maximum atomic E-state index is 11.6. The molecule has 98 valence electrons. The second-order valence-electron chi connectivity index (χ2n) is 4.32. The smallest absolute Gasteiger partial charge is 0.238 e. The van der Waals surface area contributed by atoms with Crippen molar-refractivity contribution in [1.82, 2.24) is 5.32 Å². The van der Waals surface area contributed by atoms with Crippen molar-refractivity contribution in [3.63, 3.8) is 0 Å². The van der Waals surface area contributed by atoms with Gasteiger partial charge in [0, 0.05) is 23.9 Å². The molecule has 0 saturated carbocycles. The molecule has 1 aliphatic heterocycles. The van der Waals surface area contributed by atoms with Crippen LogP contribution in [0.5, 0.6) is 0 Å². The van der Waals surface area contributed by atoms with E-state index in [9.17, 15) is 4.79 Å². The number of anilines is 1. The van der Waals surface area contributed by atoms with Crippen molar-refractivity contribution in [2.75, 3.05) is 25.0 Å². The van der Waals surface area contributed by atoms with Crippen LogP contribution in [-0.4, -0.2) is 31.7 Å². The molecule has 1 fully saturated rings. The lowest BCUT2D eigenvalue weighted by Crippen LogP contribution is -2.33. The molecule has 1 aromatic rings. The molecule has 18 heavy (non-hydrogen) atoms. The lowest BCUT2D eigenvalue weighted by molar-refractivity contribution is -0.115. The standard InChI is InChI=1S/C13H17ClN2O2/c14-10-3-1-4-11(7-10)16-13(17)9-15-8-12-5-2-6-18-12/h1,3-4,7,12,15H,2,5-6,8-9H2,(H,16,17)/t12-/m1/s1. The highest BCUT2D eigenvalue weighted by Gasteiger charge is 2.15. The molecule has 0 spiro atoms. The van der Waals surface area contributed by atoms with Gasteiger partial charge in [0.15, 0.2) is 0 Å². The first-order valence-electron chi connectivity index (χ1n) is 6.12. The van der Waals surface area contributed by atoms with Crippen molar-refractivity contribution in [3.8, 4) is 0 Å². The van der Waals surface area contributed by atoms with Gasteiger partial charge in [-0.1, -0.05) is 17.7 Å². The van der Waals surface area contributed by atoms with Crippen molar-refractivity contribution in [2.24, 2.45) is 0 Å². The summed E-state index contributed by atoms with van der Waals surface area (Å²) < 4.78 is 5.46. The monoisotopic (exact) mass is 268 g/mol. The second kappa shape index (κ2) is 6.73. The Hall–Kier alpha value is -1.10. The summed E-state index contributed by atoms with van der Waals surface area (Å²) in [5, 5.41) is 6.48. The molecule has 1 aromatic carbocycles. The molecular formula is C13H17ClN2O2. The molecule has 1 amide bonds. The van der Waals surface area contributed by atoms with E-state index in [1.807, 2.05) is 6.07 Å². The zero-order chi connectivity index (χ0) is 12.8. The Bertz CT molecular complexity index is 406. The lowest BCUT2D eigenvalue weighted by Gasteiger charge is -2.10. The Morgan fingerprint density at radius 1 is 1.50 bits per heavy atom. The maximum absolute atomic E-state index is 11.6. The number of ether oxygens (including phenoxy) is 1. The Kier molecular flexibility index (Phi) is 4.99. The van der Waals surface area contributed by atoms with E-state index in [1.165, 1.54) is 0 Å². The highest BCUT2D eigenvalue weighted by atomic mass is 35.5. The third-order valence-electron chi connectivity index (χ3n) is 2.79. The zero-order valence-electron chi connectivity index (χ0n) is 10.1. The van der Waals surface area contributed by atoms with Crippen LogP contribution in [0.2, 0.25) is 5.02 Å². The fraction of sp³-hybridized carbons (Fsp3) is 0.462. The average Bonchev–Trinajstić information content (AvgIpc) is 2.82. The summed E-state index contributed by atoms with van der Waals surface area (Å²) in [6.07, 6.45) is 2.44. The average molecular weight is 269 g/mol. The molecular weight excluding hydrogens is 252 g/mol. The normalized spacial score (nSPS) is 18.8. The number of hydrogen-bond acceptors (Lipinski definition) is 3. The van der Waals surface area contributed by atoms with E-state index < -0.39 is 0 Å². The van der Waals surface area contributed by atoms with Gasteiger partial charge < -0.3 is 15.4 Å². The van der Waals surface area contributed by atoms with Crippen LogP contribution in [0.15, 0.2) is 24.3 Å². The molecule has 5 heteroatoms. The van der Waals surface area contributed by atoms with Crippen LogP contribution in [0.1, 0.15) is 12.8 Å². The number of rotatable bonds is 5. The van der Waals surface area contributed by atoms with Crippen LogP contribution in [0.3, 0.4) is 0 Å². The van der Waals surface area contributed by atoms with Crippen LogP contribution >= 0.6 is 11.6 Å². The van der Waals surface area contributed by atoms with E-state index in [1.54, 1.807) is 18.2 Å². The first kappa shape index (κ1) is 13.3. The zero-order valence-corrected chi connectivity index (χ0v) is 10.9. The number of carbonyl (C=O) groups excluding carboxylic acids is 1. The molecule has 1 heterocycles. The van der Waals surface area contributed by atoms with Crippen molar-refractivity contribution in [3.05, 3.63) is 29.3 Å². The van der Waals surface area contributed by atoms with Gasteiger partial charge in [0.2, 0.25) is 5.91 Å². The van der Waals surface area contributed by atoms with Crippen LogP contribution in [-0.2, 0) is 9.53 Å². The molecule has 1 saturated heterocycles. The number of halogens is 1. The maximum Gasteiger partial charge on any atom is 0.238 e. The predicted molar refractivity (Wildman–Crippen MR) is 71.9 cm³/mol. The van der Waals surface area contributed by atoms with E-state index in [2.05, 4.69) is 10.6 Å². The quantitative estimate of drug-likeness (QED) is 0.859. The molecule has 0 aliphatic carbocycles. The summed E-state index contributed by atoms with van der Waals surface area (Å²) in [6.45, 7) is 1.84. The van der Waals surface area contributed by atoms with Gasteiger partial charge in [0.25, 0.3) is 0 Å². The van der Waals surface area contributed by atoms with Crippen molar-refractivity contribution < 1.29 is 9.53 Å². The largest absolute Gasteiger partial charge is 0.377 e. The van der Waals surface area contributed by atoms with E-state index in [-0.39, 0.29) is 18.6 Å². The minimum absolute atomic E-state index is 0.0738. The topological polar surface area (TPSA) is 50.4 Å². The molecule has 0 unspecified atom stereocenters. The molecule has 0 radical (unpaired) electrons. The van der Waals surface area contributed by atoms with Crippen LogP contribution < -0.4 is 10.6 Å². The fourth-order valence-electron chi connectivity index (χ4n) is 1.92. The fourth-order valence-corrected chi connectivity index (χ4v) is 2.11. The molecule has 1 atom stereocenters. The molecule has 4 nitrogen and oxygen atoms in total. The van der Waals surface area contributed by atoms with Gasteiger partial charge in [-0.2, -0.15) is 0 Å². The first-order chi connectivity index (χ1) is 8.74. The summed E-state index contributed by atoms with van der Waals surface area (Å²) in [5.41, 5.74) is 0.714. The Morgan fingerprint density at radius 3 is 3.11 bits per heavy atom. The Morgan fingerprint density at radius 2 is 2.39 bits per heavy atom. The van der Waals surface area contributed by atoms with Gasteiger partial charge >= 0.3 is 0 Å². The first-order valence-corrected chi connectivity index (χ1v) is 6.49. The number of carbonyl (C=O) groups is 1. The Labute approximate surface area is 112 Å².